The highest BCUT2D eigenvalue weighted by Crippen LogP contribution is 2.27. The molecule has 0 N–H and O–H groups in total. The standard InChI is InChI=1S/C20H19NO4/c1-2-14-3-7-17(8-4-14)21-12-16(11-19(21)23)20(24)25-18-9-5-15(13-22)6-10-18/h3-10,13,16H,2,11-12H2,1H3/t16-/m0/s1. The van der Waals surface area contributed by atoms with Crippen LogP contribution in [-0.4, -0.2) is 24.7 Å². The summed E-state index contributed by atoms with van der Waals surface area (Å²) in [5.41, 5.74) is 2.51. The largest absolute Gasteiger partial charge is 0.426 e. The lowest BCUT2D eigenvalue weighted by atomic mass is 10.1. The molecule has 0 unspecified atom stereocenters. The zero-order chi connectivity index (χ0) is 17.8. The van der Waals surface area contributed by atoms with Gasteiger partial charge in [-0.1, -0.05) is 19.1 Å². The van der Waals surface area contributed by atoms with E-state index in [4.69, 9.17) is 4.74 Å². The Hall–Kier alpha value is -2.95. The zero-order valence-corrected chi connectivity index (χ0v) is 14.0. The lowest BCUT2D eigenvalue weighted by molar-refractivity contribution is -0.139. The molecule has 3 rings (SSSR count). The first-order chi connectivity index (χ1) is 12.1. The number of rotatable bonds is 5. The van der Waals surface area contributed by atoms with E-state index in [1.165, 1.54) is 5.56 Å². The van der Waals surface area contributed by atoms with Crippen LogP contribution in [-0.2, 0) is 16.0 Å². The first-order valence-electron chi connectivity index (χ1n) is 8.27. The van der Waals surface area contributed by atoms with E-state index >= 15 is 0 Å². The van der Waals surface area contributed by atoms with Gasteiger partial charge in [-0.25, -0.2) is 0 Å². The normalized spacial score (nSPS) is 16.8. The lowest BCUT2D eigenvalue weighted by Crippen LogP contribution is -2.27. The number of carbonyl (C=O) groups excluding carboxylic acids is 3. The predicted molar refractivity (Wildman–Crippen MR) is 93.7 cm³/mol. The van der Waals surface area contributed by atoms with Crippen molar-refractivity contribution in [2.24, 2.45) is 5.92 Å². The Morgan fingerprint density at radius 3 is 2.44 bits per heavy atom. The summed E-state index contributed by atoms with van der Waals surface area (Å²) in [6.07, 6.45) is 1.80. The fourth-order valence-corrected chi connectivity index (χ4v) is 2.84. The van der Waals surface area contributed by atoms with Gasteiger partial charge in [0.05, 0.1) is 5.92 Å². The van der Waals surface area contributed by atoms with E-state index in [9.17, 15) is 14.4 Å². The third-order valence-electron chi connectivity index (χ3n) is 4.35. The van der Waals surface area contributed by atoms with E-state index < -0.39 is 11.9 Å². The maximum atomic E-state index is 12.3. The van der Waals surface area contributed by atoms with E-state index in [-0.39, 0.29) is 12.3 Å². The molecule has 0 bridgehead atoms. The Kier molecular flexibility index (Phi) is 4.93. The number of esters is 1. The van der Waals surface area contributed by atoms with Crippen LogP contribution in [0.3, 0.4) is 0 Å². The van der Waals surface area contributed by atoms with Gasteiger partial charge in [0.1, 0.15) is 12.0 Å². The van der Waals surface area contributed by atoms with Crippen molar-refractivity contribution in [3.05, 3.63) is 59.7 Å². The number of nitrogens with zero attached hydrogens (tertiary/aromatic N) is 1. The molecular formula is C20H19NO4. The molecule has 2 aromatic carbocycles. The molecule has 0 aromatic heterocycles. The van der Waals surface area contributed by atoms with Gasteiger partial charge in [-0.05, 0) is 48.4 Å². The molecule has 5 heteroatoms. The van der Waals surface area contributed by atoms with Crippen LogP contribution in [0.15, 0.2) is 48.5 Å². The highest BCUT2D eigenvalue weighted by molar-refractivity contribution is 5.99. The minimum Gasteiger partial charge on any atom is -0.426 e. The average Bonchev–Trinajstić information content (AvgIpc) is 3.04. The molecule has 1 heterocycles. The Balaban J connectivity index is 1.66. The second-order valence-corrected chi connectivity index (χ2v) is 6.03. The van der Waals surface area contributed by atoms with Crippen LogP contribution in [0, 0.1) is 5.92 Å². The molecule has 0 radical (unpaired) electrons. The van der Waals surface area contributed by atoms with Crippen LogP contribution in [0.2, 0.25) is 0 Å². The number of anilines is 1. The molecule has 1 aliphatic heterocycles. The predicted octanol–water partition coefficient (Wildman–Crippen LogP) is 3.02. The molecular weight excluding hydrogens is 318 g/mol. The Morgan fingerprint density at radius 1 is 1.16 bits per heavy atom. The fourth-order valence-electron chi connectivity index (χ4n) is 2.84. The smallest absolute Gasteiger partial charge is 0.316 e. The molecule has 0 aliphatic carbocycles. The van der Waals surface area contributed by atoms with E-state index in [0.29, 0.717) is 17.9 Å². The van der Waals surface area contributed by atoms with Crippen molar-refractivity contribution in [2.75, 3.05) is 11.4 Å². The third kappa shape index (κ3) is 3.76. The van der Waals surface area contributed by atoms with E-state index in [1.54, 1.807) is 29.2 Å². The van der Waals surface area contributed by atoms with Gasteiger partial charge in [0.25, 0.3) is 0 Å². The molecule has 128 valence electrons. The van der Waals surface area contributed by atoms with Gasteiger partial charge in [-0.3, -0.25) is 14.4 Å². The zero-order valence-electron chi connectivity index (χ0n) is 14.0. The van der Waals surface area contributed by atoms with E-state index in [1.807, 2.05) is 24.3 Å². The Morgan fingerprint density at radius 2 is 1.84 bits per heavy atom. The first-order valence-corrected chi connectivity index (χ1v) is 8.27. The summed E-state index contributed by atoms with van der Waals surface area (Å²) in [6.45, 7) is 2.39. The quantitative estimate of drug-likeness (QED) is 0.478. The minimum absolute atomic E-state index is 0.0810. The molecule has 1 saturated heterocycles. The lowest BCUT2D eigenvalue weighted by Gasteiger charge is -2.17. The molecule has 0 saturated carbocycles. The second kappa shape index (κ2) is 7.30. The molecule has 25 heavy (non-hydrogen) atoms. The van der Waals surface area contributed by atoms with E-state index in [2.05, 4.69) is 6.92 Å². The van der Waals surface area contributed by atoms with Crippen LogP contribution in [0.25, 0.3) is 0 Å². The van der Waals surface area contributed by atoms with Crippen molar-refractivity contribution in [2.45, 2.75) is 19.8 Å². The van der Waals surface area contributed by atoms with Gasteiger partial charge in [0.2, 0.25) is 5.91 Å². The van der Waals surface area contributed by atoms with Crippen molar-refractivity contribution in [3.8, 4) is 5.75 Å². The summed E-state index contributed by atoms with van der Waals surface area (Å²) in [5, 5.41) is 0. The van der Waals surface area contributed by atoms with Crippen LogP contribution in [0.5, 0.6) is 5.75 Å². The average molecular weight is 337 g/mol. The topological polar surface area (TPSA) is 63.7 Å². The van der Waals surface area contributed by atoms with Gasteiger partial charge in [0.15, 0.2) is 0 Å². The highest BCUT2D eigenvalue weighted by Gasteiger charge is 2.36. The Labute approximate surface area is 146 Å². The number of amides is 1. The van der Waals surface area contributed by atoms with Crippen LogP contribution in [0.4, 0.5) is 5.69 Å². The van der Waals surface area contributed by atoms with Crippen LogP contribution < -0.4 is 9.64 Å². The van der Waals surface area contributed by atoms with E-state index in [0.717, 1.165) is 18.4 Å². The number of aryl methyl sites for hydroxylation is 1. The van der Waals surface area contributed by atoms with Crippen molar-refractivity contribution in [3.63, 3.8) is 0 Å². The molecule has 0 spiro atoms. The number of aldehydes is 1. The highest BCUT2D eigenvalue weighted by atomic mass is 16.5. The van der Waals surface area contributed by atoms with Gasteiger partial charge < -0.3 is 9.64 Å². The van der Waals surface area contributed by atoms with Crippen molar-refractivity contribution in [1.82, 2.24) is 0 Å². The molecule has 1 atom stereocenters. The van der Waals surface area contributed by atoms with Crippen molar-refractivity contribution >= 4 is 23.9 Å². The molecule has 5 nitrogen and oxygen atoms in total. The summed E-state index contributed by atoms with van der Waals surface area (Å²) in [4.78, 5) is 36.9. The van der Waals surface area contributed by atoms with Crippen molar-refractivity contribution in [1.29, 1.82) is 0 Å². The molecule has 1 amide bonds. The maximum Gasteiger partial charge on any atom is 0.316 e. The van der Waals surface area contributed by atoms with Gasteiger partial charge in [-0.15, -0.1) is 0 Å². The summed E-state index contributed by atoms with van der Waals surface area (Å²) in [7, 11) is 0. The molecule has 2 aromatic rings. The molecule has 1 fully saturated rings. The number of benzene rings is 2. The maximum absolute atomic E-state index is 12.3. The summed E-state index contributed by atoms with van der Waals surface area (Å²) in [6, 6.07) is 14.1. The van der Waals surface area contributed by atoms with Gasteiger partial charge in [-0.2, -0.15) is 0 Å². The summed E-state index contributed by atoms with van der Waals surface area (Å²) >= 11 is 0. The second-order valence-electron chi connectivity index (χ2n) is 6.03. The fraction of sp³-hybridized carbons (Fsp3) is 0.250. The SMILES string of the molecule is CCc1ccc(N2C[C@@H](C(=O)Oc3ccc(C=O)cc3)CC2=O)cc1. The number of hydrogen-bond donors (Lipinski definition) is 0. The first kappa shape index (κ1) is 16.9. The van der Waals surface area contributed by atoms with Gasteiger partial charge >= 0.3 is 5.97 Å². The van der Waals surface area contributed by atoms with Crippen LogP contribution in [0.1, 0.15) is 29.3 Å². The van der Waals surface area contributed by atoms with Crippen molar-refractivity contribution < 1.29 is 19.1 Å². The Bertz CT molecular complexity index is 780. The molecule has 1 aliphatic rings. The monoisotopic (exact) mass is 337 g/mol. The summed E-state index contributed by atoms with van der Waals surface area (Å²) < 4.78 is 5.33. The number of carbonyl (C=O) groups is 3. The van der Waals surface area contributed by atoms with Crippen LogP contribution >= 0.6 is 0 Å². The number of hydrogen-bond acceptors (Lipinski definition) is 4. The van der Waals surface area contributed by atoms with Gasteiger partial charge in [0, 0.05) is 24.2 Å². The minimum atomic E-state index is -0.496. The summed E-state index contributed by atoms with van der Waals surface area (Å²) in [5.74, 6) is -0.639. The third-order valence-corrected chi connectivity index (χ3v) is 4.35. The number of ether oxygens (including phenoxy) is 1.